The number of rotatable bonds is 7. The zero-order valence-corrected chi connectivity index (χ0v) is 18.8. The van der Waals surface area contributed by atoms with Crippen LogP contribution in [0.25, 0.3) is 0 Å². The van der Waals surface area contributed by atoms with Crippen molar-refractivity contribution in [2.45, 2.75) is 10.9 Å². The molecular formula is C22H24BrN3O3S. The van der Waals surface area contributed by atoms with Gasteiger partial charge in [0.15, 0.2) is 0 Å². The van der Waals surface area contributed by atoms with Crippen LogP contribution in [0.15, 0.2) is 86.8 Å². The smallest absolute Gasteiger partial charge is 0.240 e. The second-order valence-electron chi connectivity index (χ2n) is 7.20. The second kappa shape index (κ2) is 9.34. The van der Waals surface area contributed by atoms with Gasteiger partial charge in [-0.25, -0.2) is 13.1 Å². The molecule has 0 aliphatic carbocycles. The van der Waals surface area contributed by atoms with Gasteiger partial charge in [0.25, 0.3) is 0 Å². The molecule has 0 spiro atoms. The fraction of sp³-hybridized carbons (Fsp3) is 0.273. The number of halogens is 1. The molecule has 1 unspecified atom stereocenters. The van der Waals surface area contributed by atoms with E-state index in [1.165, 1.54) is 5.69 Å². The third-order valence-electron chi connectivity index (χ3n) is 5.34. The lowest BCUT2D eigenvalue weighted by molar-refractivity contribution is 0.166. The minimum Gasteiger partial charge on any atom is -0.468 e. The Hall–Kier alpha value is -2.13. The van der Waals surface area contributed by atoms with Gasteiger partial charge in [0.05, 0.1) is 17.2 Å². The molecule has 158 valence electrons. The molecule has 1 fully saturated rings. The fourth-order valence-electron chi connectivity index (χ4n) is 3.71. The Morgan fingerprint density at radius 2 is 1.63 bits per heavy atom. The molecule has 0 bridgehead atoms. The highest BCUT2D eigenvalue weighted by Crippen LogP contribution is 2.25. The Bertz CT molecular complexity index is 1030. The van der Waals surface area contributed by atoms with Crippen molar-refractivity contribution in [3.05, 3.63) is 83.2 Å². The lowest BCUT2D eigenvalue weighted by Crippen LogP contribution is -2.49. The van der Waals surface area contributed by atoms with E-state index in [0.717, 1.165) is 36.4 Å². The lowest BCUT2D eigenvalue weighted by atomic mass is 10.1. The topological polar surface area (TPSA) is 65.8 Å². The summed E-state index contributed by atoms with van der Waals surface area (Å²) < 4.78 is 34.8. The van der Waals surface area contributed by atoms with Gasteiger partial charge >= 0.3 is 0 Å². The minimum atomic E-state index is -3.61. The molecule has 0 radical (unpaired) electrons. The first-order valence-electron chi connectivity index (χ1n) is 9.85. The summed E-state index contributed by atoms with van der Waals surface area (Å²) in [5, 5.41) is 0. The zero-order chi connectivity index (χ0) is 21.0. The Kier molecular flexibility index (Phi) is 6.58. The number of hydrogen-bond donors (Lipinski definition) is 1. The van der Waals surface area contributed by atoms with Crippen molar-refractivity contribution in [3.8, 4) is 0 Å². The maximum Gasteiger partial charge on any atom is 0.240 e. The van der Waals surface area contributed by atoms with Gasteiger partial charge in [0, 0.05) is 42.9 Å². The Balaban J connectivity index is 1.45. The summed E-state index contributed by atoms with van der Waals surface area (Å²) in [7, 11) is -3.61. The SMILES string of the molecule is O=S(=O)(NCC(c1ccco1)N1CCN(c2ccccc2)CC1)c1ccc(Br)cc1. The van der Waals surface area contributed by atoms with Gasteiger partial charge in [0.2, 0.25) is 10.0 Å². The van der Waals surface area contributed by atoms with Gasteiger partial charge < -0.3 is 9.32 Å². The van der Waals surface area contributed by atoms with Crippen LogP contribution in [0.2, 0.25) is 0 Å². The molecule has 1 aromatic heterocycles. The number of sulfonamides is 1. The summed E-state index contributed by atoms with van der Waals surface area (Å²) in [6.45, 7) is 3.64. The summed E-state index contributed by atoms with van der Waals surface area (Å²) in [6, 6.07) is 20.6. The molecule has 2 aromatic carbocycles. The number of para-hydroxylation sites is 1. The van der Waals surface area contributed by atoms with E-state index in [4.69, 9.17) is 4.42 Å². The van der Waals surface area contributed by atoms with Crippen molar-refractivity contribution >= 4 is 31.6 Å². The van der Waals surface area contributed by atoms with Crippen LogP contribution in [0.4, 0.5) is 5.69 Å². The van der Waals surface area contributed by atoms with E-state index in [1.54, 1.807) is 30.5 Å². The van der Waals surface area contributed by atoms with Crippen molar-refractivity contribution < 1.29 is 12.8 Å². The van der Waals surface area contributed by atoms with E-state index in [0.29, 0.717) is 0 Å². The largest absolute Gasteiger partial charge is 0.468 e. The normalized spacial score (nSPS) is 16.5. The van der Waals surface area contributed by atoms with Crippen molar-refractivity contribution in [1.82, 2.24) is 9.62 Å². The van der Waals surface area contributed by atoms with E-state index < -0.39 is 10.0 Å². The van der Waals surface area contributed by atoms with Gasteiger partial charge in [0.1, 0.15) is 5.76 Å². The predicted molar refractivity (Wildman–Crippen MR) is 121 cm³/mol. The molecular weight excluding hydrogens is 466 g/mol. The van der Waals surface area contributed by atoms with E-state index >= 15 is 0 Å². The number of benzene rings is 2. The number of piperazine rings is 1. The first-order valence-corrected chi connectivity index (χ1v) is 12.1. The second-order valence-corrected chi connectivity index (χ2v) is 9.88. The third kappa shape index (κ3) is 4.95. The molecule has 30 heavy (non-hydrogen) atoms. The Labute approximate surface area is 185 Å². The average Bonchev–Trinajstić information content (AvgIpc) is 3.30. The first kappa shape index (κ1) is 21.1. The maximum atomic E-state index is 12.8. The van der Waals surface area contributed by atoms with E-state index in [-0.39, 0.29) is 17.5 Å². The van der Waals surface area contributed by atoms with Crippen LogP contribution in [-0.4, -0.2) is 46.0 Å². The number of nitrogens with one attached hydrogen (secondary N) is 1. The lowest BCUT2D eigenvalue weighted by Gasteiger charge is -2.39. The van der Waals surface area contributed by atoms with Crippen LogP contribution < -0.4 is 9.62 Å². The molecule has 8 heteroatoms. The number of hydrogen-bond acceptors (Lipinski definition) is 5. The predicted octanol–water partition coefficient (Wildman–Crippen LogP) is 3.88. The van der Waals surface area contributed by atoms with Gasteiger partial charge in [-0.2, -0.15) is 0 Å². The number of nitrogens with zero attached hydrogens (tertiary/aromatic N) is 2. The molecule has 0 saturated carbocycles. The minimum absolute atomic E-state index is 0.164. The molecule has 3 aromatic rings. The van der Waals surface area contributed by atoms with E-state index in [1.807, 2.05) is 30.3 Å². The molecule has 2 heterocycles. The van der Waals surface area contributed by atoms with Crippen molar-refractivity contribution in [1.29, 1.82) is 0 Å². The van der Waals surface area contributed by atoms with Gasteiger partial charge in [-0.15, -0.1) is 0 Å². The maximum absolute atomic E-state index is 12.8. The quantitative estimate of drug-likeness (QED) is 0.545. The molecule has 1 atom stereocenters. The highest BCUT2D eigenvalue weighted by Gasteiger charge is 2.28. The van der Waals surface area contributed by atoms with Gasteiger partial charge in [-0.05, 0) is 48.5 Å². The van der Waals surface area contributed by atoms with Crippen molar-refractivity contribution in [2.75, 3.05) is 37.6 Å². The summed E-state index contributed by atoms with van der Waals surface area (Å²) >= 11 is 3.34. The fourth-order valence-corrected chi connectivity index (χ4v) is 5.01. The standard InChI is InChI=1S/C22H24BrN3O3S/c23-18-8-10-20(11-9-18)30(27,28)24-17-21(22-7-4-16-29-22)26-14-12-25(13-15-26)19-5-2-1-3-6-19/h1-11,16,21,24H,12-15,17H2. The molecule has 4 rings (SSSR count). The molecule has 6 nitrogen and oxygen atoms in total. The zero-order valence-electron chi connectivity index (χ0n) is 16.4. The van der Waals surface area contributed by atoms with Crippen LogP contribution in [0.1, 0.15) is 11.8 Å². The monoisotopic (exact) mass is 489 g/mol. The first-order chi connectivity index (χ1) is 14.5. The molecule has 1 aliphatic rings. The van der Waals surface area contributed by atoms with Gasteiger partial charge in [-0.3, -0.25) is 4.90 Å². The van der Waals surface area contributed by atoms with Gasteiger partial charge in [-0.1, -0.05) is 34.1 Å². The summed E-state index contributed by atoms with van der Waals surface area (Å²) in [5.41, 5.74) is 1.21. The van der Waals surface area contributed by atoms with Crippen molar-refractivity contribution in [3.63, 3.8) is 0 Å². The molecule has 1 aliphatic heterocycles. The van der Waals surface area contributed by atoms with E-state index in [2.05, 4.69) is 42.6 Å². The molecule has 0 amide bonds. The number of anilines is 1. The highest BCUT2D eigenvalue weighted by atomic mass is 79.9. The van der Waals surface area contributed by atoms with Crippen molar-refractivity contribution in [2.24, 2.45) is 0 Å². The van der Waals surface area contributed by atoms with Crippen LogP contribution >= 0.6 is 15.9 Å². The summed E-state index contributed by atoms with van der Waals surface area (Å²) in [5.74, 6) is 0.765. The Morgan fingerprint density at radius 1 is 0.933 bits per heavy atom. The Morgan fingerprint density at radius 3 is 2.27 bits per heavy atom. The van der Waals surface area contributed by atoms with Crippen LogP contribution in [0, 0.1) is 0 Å². The number of furan rings is 1. The summed E-state index contributed by atoms with van der Waals surface area (Å²) in [4.78, 5) is 4.88. The van der Waals surface area contributed by atoms with Crippen LogP contribution in [-0.2, 0) is 10.0 Å². The third-order valence-corrected chi connectivity index (χ3v) is 7.31. The molecule has 1 N–H and O–H groups in total. The highest BCUT2D eigenvalue weighted by molar-refractivity contribution is 9.10. The van der Waals surface area contributed by atoms with E-state index in [9.17, 15) is 8.42 Å². The van der Waals surface area contributed by atoms with Crippen LogP contribution in [0.5, 0.6) is 0 Å². The summed E-state index contributed by atoms with van der Waals surface area (Å²) in [6.07, 6.45) is 1.63. The van der Waals surface area contributed by atoms with Crippen LogP contribution in [0.3, 0.4) is 0 Å². The average molecular weight is 490 g/mol. The molecule has 1 saturated heterocycles.